The molecule has 12 heteroatoms. The molecule has 0 aliphatic heterocycles. The van der Waals surface area contributed by atoms with Gasteiger partial charge in [-0.1, -0.05) is 56.2 Å². The summed E-state index contributed by atoms with van der Waals surface area (Å²) >= 11 is 0. The van der Waals surface area contributed by atoms with E-state index in [0.29, 0.717) is 32.1 Å². The minimum Gasteiger partial charge on any atom is -0.399 e. The van der Waals surface area contributed by atoms with Gasteiger partial charge in [-0.05, 0) is 106 Å². The number of rotatable bonds is 15. The van der Waals surface area contributed by atoms with Crippen molar-refractivity contribution in [2.24, 2.45) is 11.8 Å². The Morgan fingerprint density at radius 2 is 1.29 bits per heavy atom. The van der Waals surface area contributed by atoms with E-state index in [2.05, 4.69) is 11.7 Å². The second kappa shape index (κ2) is 16.8. The van der Waals surface area contributed by atoms with Gasteiger partial charge in [0.05, 0.1) is 23.7 Å². The van der Waals surface area contributed by atoms with Crippen LogP contribution in [0.5, 0.6) is 5.75 Å². The van der Waals surface area contributed by atoms with Crippen molar-refractivity contribution in [2.45, 2.75) is 128 Å². The lowest BCUT2D eigenvalue weighted by molar-refractivity contribution is -0.311. The van der Waals surface area contributed by atoms with E-state index < -0.39 is 54.1 Å². The second-order valence-corrected chi connectivity index (χ2v) is 12.9. The topological polar surface area (TPSA) is 27.7 Å². The van der Waals surface area contributed by atoms with Crippen molar-refractivity contribution < 1.29 is 53.7 Å². The van der Waals surface area contributed by atoms with Crippen molar-refractivity contribution in [3.05, 3.63) is 76.9 Å². The largest absolute Gasteiger partial charge is 0.573 e. The van der Waals surface area contributed by atoms with E-state index in [0.717, 1.165) is 43.4 Å². The van der Waals surface area contributed by atoms with Gasteiger partial charge in [0.2, 0.25) is 5.75 Å². The normalized spacial score (nSPS) is 22.7. The summed E-state index contributed by atoms with van der Waals surface area (Å²) in [5, 5.41) is 0. The lowest BCUT2D eigenvalue weighted by Gasteiger charge is -2.37. The number of unbranched alkanes of at least 4 members (excludes halogenated alkanes) is 2. The van der Waals surface area contributed by atoms with E-state index in [1.165, 1.54) is 12.1 Å². The van der Waals surface area contributed by atoms with Crippen molar-refractivity contribution >= 4 is 0 Å². The summed E-state index contributed by atoms with van der Waals surface area (Å²) < 4.78 is 138. The molecule has 0 bridgehead atoms. The molecule has 0 amide bonds. The minimum atomic E-state index is -5.22. The standard InChI is InChI=1S/C36H43F9O3/c1-2-3-4-7-24-10-14-27(15-11-24)34(39,40)47-30-20-16-28(17-21-30)35(41,42)46-29-18-12-25(13-19-29)8-5-6-9-26-22-31(37)33(32(38)23-26)48-36(43,44)45/h5-6,10-11,14-15,22-23,25,28-30H,2-4,7-9,12-13,16-21H2,1H3/b6-5-. The molecular weight excluding hydrogens is 651 g/mol. The third kappa shape index (κ3) is 11.4. The van der Waals surface area contributed by atoms with Gasteiger partial charge in [-0.2, -0.15) is 17.6 Å². The highest BCUT2D eigenvalue weighted by molar-refractivity contribution is 5.32. The van der Waals surface area contributed by atoms with Crippen LogP contribution in [0.15, 0.2) is 48.6 Å². The lowest BCUT2D eigenvalue weighted by atomic mass is 9.84. The molecule has 0 unspecified atom stereocenters. The highest BCUT2D eigenvalue weighted by Gasteiger charge is 2.46. The molecular formula is C36H43F9O3. The summed E-state index contributed by atoms with van der Waals surface area (Å²) in [5.41, 5.74) is 0.868. The Balaban J connectivity index is 1.16. The van der Waals surface area contributed by atoms with Crippen LogP contribution in [0.2, 0.25) is 0 Å². The zero-order valence-corrected chi connectivity index (χ0v) is 27.0. The van der Waals surface area contributed by atoms with Gasteiger partial charge in [-0.3, -0.25) is 0 Å². The maximum atomic E-state index is 15.1. The fourth-order valence-corrected chi connectivity index (χ4v) is 6.49. The number of aryl methyl sites for hydroxylation is 1. The van der Waals surface area contributed by atoms with E-state index in [1.807, 2.05) is 0 Å². The smallest absolute Gasteiger partial charge is 0.399 e. The first-order valence-corrected chi connectivity index (χ1v) is 16.7. The summed E-state index contributed by atoms with van der Waals surface area (Å²) in [6.07, 6.45) is -3.20. The molecule has 2 saturated carbocycles. The van der Waals surface area contributed by atoms with Gasteiger partial charge in [-0.25, -0.2) is 8.78 Å². The predicted octanol–water partition coefficient (Wildman–Crippen LogP) is 11.6. The Hall–Kier alpha value is -2.73. The van der Waals surface area contributed by atoms with Crippen molar-refractivity contribution in [2.75, 3.05) is 0 Å². The Kier molecular flexibility index (Phi) is 13.3. The first-order valence-electron chi connectivity index (χ1n) is 16.7. The molecule has 2 aliphatic rings. The minimum absolute atomic E-state index is 0.0101. The zero-order chi connectivity index (χ0) is 35.0. The number of ether oxygens (including phenoxy) is 3. The summed E-state index contributed by atoms with van der Waals surface area (Å²) in [6, 6.07) is 7.66. The highest BCUT2D eigenvalue weighted by atomic mass is 19.4. The molecule has 2 aromatic rings. The van der Waals surface area contributed by atoms with E-state index in [-0.39, 0.29) is 49.1 Å². The molecule has 2 aliphatic carbocycles. The van der Waals surface area contributed by atoms with Crippen LogP contribution in [0.4, 0.5) is 39.5 Å². The number of hydrogen-bond acceptors (Lipinski definition) is 3. The molecule has 3 nitrogen and oxygen atoms in total. The molecule has 0 radical (unpaired) electrons. The van der Waals surface area contributed by atoms with Crippen LogP contribution < -0.4 is 4.74 Å². The van der Waals surface area contributed by atoms with Gasteiger partial charge in [0.15, 0.2) is 11.6 Å². The Labute approximate surface area is 275 Å². The summed E-state index contributed by atoms with van der Waals surface area (Å²) in [5.74, 6) is -5.31. The molecule has 0 N–H and O–H groups in total. The fourth-order valence-electron chi connectivity index (χ4n) is 6.49. The first kappa shape index (κ1) is 38.1. The third-order valence-electron chi connectivity index (χ3n) is 9.21. The number of hydrogen-bond donors (Lipinski definition) is 0. The second-order valence-electron chi connectivity index (χ2n) is 12.9. The molecule has 2 fully saturated rings. The monoisotopic (exact) mass is 694 g/mol. The Bertz CT molecular complexity index is 1290. The van der Waals surface area contributed by atoms with E-state index >= 15 is 8.78 Å². The van der Waals surface area contributed by atoms with Gasteiger partial charge in [-0.15, -0.1) is 13.2 Å². The molecule has 4 rings (SSSR count). The summed E-state index contributed by atoms with van der Waals surface area (Å²) in [4.78, 5) is 0. The Morgan fingerprint density at radius 3 is 1.88 bits per heavy atom. The molecule has 268 valence electrons. The van der Waals surface area contributed by atoms with Gasteiger partial charge < -0.3 is 14.2 Å². The quantitative estimate of drug-likeness (QED) is 0.106. The highest BCUT2D eigenvalue weighted by Crippen LogP contribution is 2.43. The van der Waals surface area contributed by atoms with Crippen LogP contribution in [0.1, 0.15) is 101 Å². The summed E-state index contributed by atoms with van der Waals surface area (Å²) in [6.45, 7) is 2.10. The van der Waals surface area contributed by atoms with E-state index in [1.54, 1.807) is 24.3 Å². The third-order valence-corrected chi connectivity index (χ3v) is 9.21. The number of alkyl halides is 7. The molecule has 2 aromatic carbocycles. The Morgan fingerprint density at radius 1 is 0.708 bits per heavy atom. The number of benzene rings is 2. The molecule has 0 saturated heterocycles. The molecule has 0 aromatic heterocycles. The van der Waals surface area contributed by atoms with Gasteiger partial charge in [0, 0.05) is 0 Å². The molecule has 0 spiro atoms. The van der Waals surface area contributed by atoms with Crippen LogP contribution in [0, 0.1) is 23.5 Å². The molecule has 48 heavy (non-hydrogen) atoms. The van der Waals surface area contributed by atoms with Crippen molar-refractivity contribution in [1.82, 2.24) is 0 Å². The summed E-state index contributed by atoms with van der Waals surface area (Å²) in [7, 11) is 0. The molecule has 0 atom stereocenters. The fraction of sp³-hybridized carbons (Fsp3) is 0.611. The van der Waals surface area contributed by atoms with Gasteiger partial charge in [0.25, 0.3) is 0 Å². The maximum Gasteiger partial charge on any atom is 0.573 e. The van der Waals surface area contributed by atoms with Crippen molar-refractivity contribution in [1.29, 1.82) is 0 Å². The lowest BCUT2D eigenvalue weighted by Crippen LogP contribution is -2.40. The van der Waals surface area contributed by atoms with Crippen LogP contribution in [-0.2, 0) is 28.4 Å². The SMILES string of the molecule is CCCCCc1ccc(C(F)(F)OC2CCC(C(F)(F)OC3CCC(C/C=C\Cc4cc(F)c(OC(F)(F)F)c(F)c4)CC3)CC2)cc1. The average molecular weight is 695 g/mol. The van der Waals surface area contributed by atoms with Crippen molar-refractivity contribution in [3.8, 4) is 5.75 Å². The van der Waals surface area contributed by atoms with E-state index in [4.69, 9.17) is 9.47 Å². The maximum absolute atomic E-state index is 15.1. The van der Waals surface area contributed by atoms with Crippen molar-refractivity contribution in [3.63, 3.8) is 0 Å². The van der Waals surface area contributed by atoms with Crippen LogP contribution >= 0.6 is 0 Å². The van der Waals surface area contributed by atoms with Crippen LogP contribution in [0.25, 0.3) is 0 Å². The van der Waals surface area contributed by atoms with Gasteiger partial charge >= 0.3 is 18.6 Å². The van der Waals surface area contributed by atoms with Crippen LogP contribution in [0.3, 0.4) is 0 Å². The first-order chi connectivity index (χ1) is 22.6. The number of allylic oxidation sites excluding steroid dienone is 2. The van der Waals surface area contributed by atoms with Gasteiger partial charge in [0.1, 0.15) is 0 Å². The molecule has 0 heterocycles. The average Bonchev–Trinajstić information content (AvgIpc) is 3.02. The van der Waals surface area contributed by atoms with Crippen LogP contribution in [-0.4, -0.2) is 24.7 Å². The number of halogens is 9. The zero-order valence-electron chi connectivity index (χ0n) is 27.0. The van der Waals surface area contributed by atoms with E-state index in [9.17, 15) is 30.7 Å². The predicted molar refractivity (Wildman–Crippen MR) is 163 cm³/mol.